The zero-order chi connectivity index (χ0) is 12.7. The summed E-state index contributed by atoms with van der Waals surface area (Å²) in [5.41, 5.74) is 2.34. The molecule has 0 aromatic heterocycles. The third-order valence-corrected chi connectivity index (χ3v) is 2.57. The van der Waals surface area contributed by atoms with Crippen molar-refractivity contribution in [3.63, 3.8) is 0 Å². The van der Waals surface area contributed by atoms with Gasteiger partial charge >= 0.3 is 5.97 Å². The minimum Gasteiger partial charge on any atom is -0.466 e. The van der Waals surface area contributed by atoms with E-state index in [2.05, 4.69) is 24.4 Å². The number of carbonyl (C=O) groups excluding carboxylic acids is 1. The number of carbonyl (C=O) groups is 1. The third kappa shape index (κ3) is 4.57. The molecule has 0 saturated heterocycles. The fraction of sp³-hybridized carbons (Fsp3) is 0.500. The van der Waals surface area contributed by atoms with E-state index in [0.29, 0.717) is 13.0 Å². The summed E-state index contributed by atoms with van der Waals surface area (Å²) < 4.78 is 4.99. The summed E-state index contributed by atoms with van der Waals surface area (Å²) in [6.45, 7) is 7.18. The van der Waals surface area contributed by atoms with Crippen LogP contribution in [0.2, 0.25) is 0 Å². The lowest BCUT2D eigenvalue weighted by atomic mass is 10.0. The van der Waals surface area contributed by atoms with Gasteiger partial charge in [0.15, 0.2) is 0 Å². The van der Waals surface area contributed by atoms with Crippen molar-refractivity contribution >= 4 is 5.97 Å². The molecule has 3 heteroatoms. The number of esters is 1. The van der Waals surface area contributed by atoms with Crippen LogP contribution in [0.4, 0.5) is 0 Å². The van der Waals surface area contributed by atoms with E-state index in [1.165, 1.54) is 5.56 Å². The minimum absolute atomic E-state index is 0.0407. The van der Waals surface area contributed by atoms with E-state index < -0.39 is 0 Å². The molecule has 1 N–H and O–H groups in total. The fourth-order valence-corrected chi connectivity index (χ4v) is 1.83. The van der Waals surface area contributed by atoms with E-state index in [4.69, 9.17) is 4.74 Å². The number of nitrogens with one attached hydrogen (secondary N) is 1. The van der Waals surface area contributed by atoms with Crippen LogP contribution in [0.25, 0.3) is 0 Å². The molecule has 1 aromatic rings. The van der Waals surface area contributed by atoms with Crippen LogP contribution in [0, 0.1) is 6.92 Å². The predicted molar refractivity (Wildman–Crippen MR) is 68.8 cm³/mol. The second-order valence-corrected chi connectivity index (χ2v) is 4.03. The van der Waals surface area contributed by atoms with Crippen LogP contribution >= 0.6 is 0 Å². The van der Waals surface area contributed by atoms with Crippen LogP contribution in [0.1, 0.15) is 37.4 Å². The number of aryl methyl sites for hydroxylation is 1. The number of ether oxygens (including phenoxy) is 1. The lowest BCUT2D eigenvalue weighted by molar-refractivity contribution is -0.143. The molecule has 0 heterocycles. The largest absolute Gasteiger partial charge is 0.466 e. The molecular weight excluding hydrogens is 214 g/mol. The maximum atomic E-state index is 11.5. The van der Waals surface area contributed by atoms with E-state index in [0.717, 1.165) is 12.1 Å². The van der Waals surface area contributed by atoms with Crippen molar-refractivity contribution in [3.8, 4) is 0 Å². The fourth-order valence-electron chi connectivity index (χ4n) is 1.83. The second-order valence-electron chi connectivity index (χ2n) is 4.03. The predicted octanol–water partition coefficient (Wildman–Crippen LogP) is 2.60. The Morgan fingerprint density at radius 1 is 1.41 bits per heavy atom. The van der Waals surface area contributed by atoms with Crippen molar-refractivity contribution in [2.24, 2.45) is 0 Å². The zero-order valence-electron chi connectivity index (χ0n) is 10.8. The van der Waals surface area contributed by atoms with Gasteiger partial charge in [0.1, 0.15) is 0 Å². The highest BCUT2D eigenvalue weighted by Crippen LogP contribution is 2.18. The third-order valence-electron chi connectivity index (χ3n) is 2.57. The summed E-state index contributed by atoms with van der Waals surface area (Å²) in [5, 5.41) is 3.31. The molecule has 0 radical (unpaired) electrons. The Kier molecular flexibility index (Phi) is 5.70. The molecule has 17 heavy (non-hydrogen) atoms. The maximum Gasteiger partial charge on any atom is 0.307 e. The van der Waals surface area contributed by atoms with Gasteiger partial charge in [0.2, 0.25) is 0 Å². The average molecular weight is 235 g/mol. The first kappa shape index (κ1) is 13.7. The van der Waals surface area contributed by atoms with E-state index in [9.17, 15) is 4.79 Å². The van der Waals surface area contributed by atoms with Crippen LogP contribution in [0.3, 0.4) is 0 Å². The van der Waals surface area contributed by atoms with Crippen molar-refractivity contribution < 1.29 is 9.53 Å². The second kappa shape index (κ2) is 7.07. The molecule has 0 aliphatic heterocycles. The molecule has 1 aromatic carbocycles. The lowest BCUT2D eigenvalue weighted by Crippen LogP contribution is -2.24. The maximum absolute atomic E-state index is 11.5. The normalized spacial score (nSPS) is 12.2. The highest BCUT2D eigenvalue weighted by atomic mass is 16.5. The van der Waals surface area contributed by atoms with Crippen molar-refractivity contribution in [2.75, 3.05) is 13.2 Å². The Labute approximate surface area is 103 Å². The van der Waals surface area contributed by atoms with Gasteiger partial charge in [-0.1, -0.05) is 36.8 Å². The highest BCUT2D eigenvalue weighted by molar-refractivity contribution is 5.70. The molecule has 3 nitrogen and oxygen atoms in total. The van der Waals surface area contributed by atoms with E-state index in [1.54, 1.807) is 0 Å². The van der Waals surface area contributed by atoms with Gasteiger partial charge in [-0.25, -0.2) is 0 Å². The van der Waals surface area contributed by atoms with Crippen LogP contribution in [-0.4, -0.2) is 19.1 Å². The summed E-state index contributed by atoms with van der Waals surface area (Å²) in [6.07, 6.45) is 0.380. The monoisotopic (exact) mass is 235 g/mol. The minimum atomic E-state index is -0.153. The molecule has 0 spiro atoms. The molecule has 94 valence electrons. The number of benzene rings is 1. The van der Waals surface area contributed by atoms with Gasteiger partial charge in [-0.3, -0.25) is 4.79 Å². The zero-order valence-corrected chi connectivity index (χ0v) is 10.8. The molecule has 1 rings (SSSR count). The topological polar surface area (TPSA) is 38.3 Å². The molecule has 0 aliphatic carbocycles. The molecule has 0 amide bonds. The molecule has 0 saturated carbocycles. The van der Waals surface area contributed by atoms with E-state index in [1.807, 2.05) is 26.0 Å². The lowest BCUT2D eigenvalue weighted by Gasteiger charge is -2.17. The van der Waals surface area contributed by atoms with E-state index in [-0.39, 0.29) is 12.0 Å². The standard InChI is InChI=1S/C14H21NO2/c1-4-15-13(10-14(16)17-5-2)12-8-6-7-11(3)9-12/h6-9,13,15H,4-5,10H2,1-3H3. The first-order valence-electron chi connectivity index (χ1n) is 6.13. The average Bonchev–Trinajstić information content (AvgIpc) is 2.29. The van der Waals surface area contributed by atoms with Crippen molar-refractivity contribution in [1.82, 2.24) is 5.32 Å². The quantitative estimate of drug-likeness (QED) is 0.770. The molecular formula is C14H21NO2. The molecule has 0 bridgehead atoms. The van der Waals surface area contributed by atoms with Gasteiger partial charge in [0.05, 0.1) is 13.0 Å². The Bertz CT molecular complexity index is 363. The Morgan fingerprint density at radius 2 is 2.18 bits per heavy atom. The van der Waals surface area contributed by atoms with Crippen molar-refractivity contribution in [1.29, 1.82) is 0 Å². The van der Waals surface area contributed by atoms with Crippen LogP contribution < -0.4 is 5.32 Å². The highest BCUT2D eigenvalue weighted by Gasteiger charge is 2.15. The summed E-state index contributed by atoms with van der Waals surface area (Å²) in [6, 6.07) is 8.25. The number of hydrogen-bond donors (Lipinski definition) is 1. The van der Waals surface area contributed by atoms with Crippen LogP contribution in [0.5, 0.6) is 0 Å². The van der Waals surface area contributed by atoms with Gasteiger partial charge in [0.25, 0.3) is 0 Å². The van der Waals surface area contributed by atoms with Crippen LogP contribution in [-0.2, 0) is 9.53 Å². The first-order valence-corrected chi connectivity index (χ1v) is 6.13. The smallest absolute Gasteiger partial charge is 0.307 e. The van der Waals surface area contributed by atoms with Gasteiger partial charge in [-0.15, -0.1) is 0 Å². The number of rotatable bonds is 6. The summed E-state index contributed by atoms with van der Waals surface area (Å²) in [5.74, 6) is -0.153. The van der Waals surface area contributed by atoms with Gasteiger partial charge < -0.3 is 10.1 Å². The summed E-state index contributed by atoms with van der Waals surface area (Å²) in [7, 11) is 0. The van der Waals surface area contributed by atoms with E-state index >= 15 is 0 Å². The van der Waals surface area contributed by atoms with Gasteiger partial charge in [0, 0.05) is 6.04 Å². The molecule has 1 unspecified atom stereocenters. The SMILES string of the molecule is CCNC(CC(=O)OCC)c1cccc(C)c1. The van der Waals surface area contributed by atoms with Gasteiger partial charge in [-0.05, 0) is 26.0 Å². The molecule has 0 aliphatic rings. The van der Waals surface area contributed by atoms with Crippen molar-refractivity contribution in [3.05, 3.63) is 35.4 Å². The molecule has 1 atom stereocenters. The van der Waals surface area contributed by atoms with Crippen LogP contribution in [0.15, 0.2) is 24.3 Å². The Morgan fingerprint density at radius 3 is 2.76 bits per heavy atom. The number of hydrogen-bond acceptors (Lipinski definition) is 3. The first-order chi connectivity index (χ1) is 8.17. The van der Waals surface area contributed by atoms with Gasteiger partial charge in [-0.2, -0.15) is 0 Å². The summed E-state index contributed by atoms with van der Waals surface area (Å²) >= 11 is 0. The Balaban J connectivity index is 2.74. The molecule has 0 fully saturated rings. The summed E-state index contributed by atoms with van der Waals surface area (Å²) in [4.78, 5) is 11.5. The van der Waals surface area contributed by atoms with Crippen molar-refractivity contribution in [2.45, 2.75) is 33.2 Å². The Hall–Kier alpha value is -1.35.